The van der Waals surface area contributed by atoms with Gasteiger partial charge in [0.1, 0.15) is 0 Å². The molecule has 14 heavy (non-hydrogen) atoms. The van der Waals surface area contributed by atoms with Gasteiger partial charge in [-0.15, -0.1) is 0 Å². The zero-order valence-electron chi connectivity index (χ0n) is 8.09. The summed E-state index contributed by atoms with van der Waals surface area (Å²) in [5, 5.41) is 0. The molecule has 0 aliphatic heterocycles. The molecule has 0 unspecified atom stereocenters. The summed E-state index contributed by atoms with van der Waals surface area (Å²) in [7, 11) is 0.187. The van der Waals surface area contributed by atoms with E-state index in [0.29, 0.717) is 5.75 Å². The van der Waals surface area contributed by atoms with Gasteiger partial charge in [-0.3, -0.25) is 4.79 Å². The van der Waals surface area contributed by atoms with Crippen LogP contribution in [0.15, 0.2) is 28.7 Å². The lowest BCUT2D eigenvalue weighted by atomic mass is 10.2. The number of hydrogen-bond donors (Lipinski definition) is 0. The molecule has 0 spiro atoms. The molecule has 0 saturated carbocycles. The molecule has 0 amide bonds. The van der Waals surface area contributed by atoms with E-state index in [1.165, 1.54) is 0 Å². The van der Waals surface area contributed by atoms with Crippen molar-refractivity contribution in [1.82, 2.24) is 0 Å². The van der Waals surface area contributed by atoms with Crippen molar-refractivity contribution in [2.75, 3.05) is 18.3 Å². The molecule has 0 bridgehead atoms. The van der Waals surface area contributed by atoms with E-state index in [1.54, 1.807) is 0 Å². The van der Waals surface area contributed by atoms with E-state index in [9.17, 15) is 4.79 Å². The summed E-state index contributed by atoms with van der Waals surface area (Å²) < 4.78 is 1.01. The van der Waals surface area contributed by atoms with Crippen LogP contribution in [-0.4, -0.2) is 24.0 Å². The van der Waals surface area contributed by atoms with Crippen LogP contribution in [0.5, 0.6) is 0 Å². The smallest absolute Gasteiger partial charge is 0.211 e. The van der Waals surface area contributed by atoms with Gasteiger partial charge in [-0.2, -0.15) is 0 Å². The van der Waals surface area contributed by atoms with E-state index in [4.69, 9.17) is 0 Å². The molecule has 0 heterocycles. The fourth-order valence-electron chi connectivity index (χ4n) is 0.981. The molecule has 0 atom stereocenters. The highest BCUT2D eigenvalue weighted by molar-refractivity contribution is 9.10. The number of benzene rings is 1. The van der Waals surface area contributed by atoms with Gasteiger partial charge in [0.2, 0.25) is 5.78 Å². The largest absolute Gasteiger partial charge is 1.00 e. The van der Waals surface area contributed by atoms with Crippen LogP contribution in [0.25, 0.3) is 0 Å². The molecule has 1 nitrogen and oxygen atoms in total. The number of Topliss-reactive ketones (excluding diaryl/α,β-unsaturated/α-hetero) is 1. The van der Waals surface area contributed by atoms with Gasteiger partial charge in [0.25, 0.3) is 0 Å². The molecule has 0 N–H and O–H groups in total. The summed E-state index contributed by atoms with van der Waals surface area (Å²) >= 11 is 3.34. The first-order valence-electron chi connectivity index (χ1n) is 3.92. The highest BCUT2D eigenvalue weighted by Gasteiger charge is 2.13. The Hall–Kier alpha value is 0.200. The maximum Gasteiger partial charge on any atom is 0.211 e. The summed E-state index contributed by atoms with van der Waals surface area (Å²) in [6.45, 7) is 0. The Morgan fingerprint density at radius 1 is 1.29 bits per heavy atom. The van der Waals surface area contributed by atoms with Gasteiger partial charge in [-0.25, -0.2) is 0 Å². The monoisotopic (exact) mass is 338 g/mol. The Bertz CT molecular complexity index is 295. The molecule has 4 heteroatoms. The molecule has 1 aromatic carbocycles. The first-order chi connectivity index (χ1) is 6.09. The standard InChI is InChI=1S/C10H12BrOS.BrH/c1-13(2)7-10(12)8-3-5-9(11)6-4-8;/h3-6H,7H2,1-2H3;1H/q+1;/p-1. The van der Waals surface area contributed by atoms with Gasteiger partial charge >= 0.3 is 0 Å². The van der Waals surface area contributed by atoms with Crippen LogP contribution in [0.3, 0.4) is 0 Å². The van der Waals surface area contributed by atoms with E-state index in [0.717, 1.165) is 10.0 Å². The van der Waals surface area contributed by atoms with Crippen molar-refractivity contribution in [2.24, 2.45) is 0 Å². The molecular formula is C10H12Br2OS. The van der Waals surface area contributed by atoms with Crippen molar-refractivity contribution >= 4 is 32.6 Å². The quantitative estimate of drug-likeness (QED) is 0.537. The second-order valence-corrected chi connectivity index (χ2v) is 6.24. The zero-order valence-corrected chi connectivity index (χ0v) is 12.1. The second kappa shape index (κ2) is 6.64. The maximum atomic E-state index is 11.6. The third-order valence-electron chi connectivity index (χ3n) is 1.59. The van der Waals surface area contributed by atoms with E-state index >= 15 is 0 Å². The summed E-state index contributed by atoms with van der Waals surface area (Å²) in [4.78, 5) is 11.6. The SMILES string of the molecule is C[S+](C)CC(=O)c1ccc(Br)cc1.[Br-]. The second-order valence-electron chi connectivity index (χ2n) is 3.06. The zero-order chi connectivity index (χ0) is 9.84. The van der Waals surface area contributed by atoms with Crippen molar-refractivity contribution < 1.29 is 21.8 Å². The van der Waals surface area contributed by atoms with Crippen molar-refractivity contribution in [1.29, 1.82) is 0 Å². The normalized spacial score (nSPS) is 9.71. The topological polar surface area (TPSA) is 17.1 Å². The maximum absolute atomic E-state index is 11.6. The molecule has 1 rings (SSSR count). The fraction of sp³-hybridized carbons (Fsp3) is 0.300. The van der Waals surface area contributed by atoms with Crippen LogP contribution >= 0.6 is 15.9 Å². The highest BCUT2D eigenvalue weighted by atomic mass is 79.9. The lowest BCUT2D eigenvalue weighted by molar-refractivity contribution is -0.0000105. The summed E-state index contributed by atoms with van der Waals surface area (Å²) in [5.41, 5.74) is 0.810. The van der Waals surface area contributed by atoms with Crippen LogP contribution in [0.1, 0.15) is 10.4 Å². The lowest BCUT2D eigenvalue weighted by Crippen LogP contribution is -3.00. The van der Waals surface area contributed by atoms with Crippen molar-refractivity contribution in [2.45, 2.75) is 0 Å². The predicted octanol–water partition coefficient (Wildman–Crippen LogP) is -0.486. The van der Waals surface area contributed by atoms with Crippen LogP contribution in [0.4, 0.5) is 0 Å². The Morgan fingerprint density at radius 2 is 1.79 bits per heavy atom. The first kappa shape index (κ1) is 14.2. The molecule has 0 aliphatic carbocycles. The molecule has 0 aromatic heterocycles. The summed E-state index contributed by atoms with van der Waals surface area (Å²) in [6.07, 6.45) is 4.16. The van der Waals surface area contributed by atoms with Crippen molar-refractivity contribution in [3.8, 4) is 0 Å². The number of halogens is 2. The van der Waals surface area contributed by atoms with Crippen LogP contribution in [-0.2, 0) is 10.9 Å². The van der Waals surface area contributed by atoms with Crippen molar-refractivity contribution in [3.63, 3.8) is 0 Å². The predicted molar refractivity (Wildman–Crippen MR) is 62.6 cm³/mol. The minimum Gasteiger partial charge on any atom is -1.00 e. The molecule has 0 saturated heterocycles. The lowest BCUT2D eigenvalue weighted by Gasteiger charge is -1.98. The Kier molecular flexibility index (Phi) is 6.74. The van der Waals surface area contributed by atoms with E-state index < -0.39 is 0 Å². The average molecular weight is 340 g/mol. The minimum atomic E-state index is 0. The minimum absolute atomic E-state index is 0. The van der Waals surface area contributed by atoms with Crippen LogP contribution in [0, 0.1) is 0 Å². The van der Waals surface area contributed by atoms with E-state index in [2.05, 4.69) is 28.4 Å². The molecule has 78 valence electrons. The molecule has 0 fully saturated rings. The molecule has 1 aromatic rings. The third kappa shape index (κ3) is 4.62. The Morgan fingerprint density at radius 3 is 2.21 bits per heavy atom. The van der Waals surface area contributed by atoms with Gasteiger partial charge in [0, 0.05) is 10.0 Å². The van der Waals surface area contributed by atoms with Crippen LogP contribution < -0.4 is 17.0 Å². The number of hydrogen-bond acceptors (Lipinski definition) is 1. The number of carbonyl (C=O) groups excluding carboxylic acids is 1. The van der Waals surface area contributed by atoms with Gasteiger partial charge < -0.3 is 17.0 Å². The van der Waals surface area contributed by atoms with Gasteiger partial charge in [0.05, 0.1) is 12.5 Å². The van der Waals surface area contributed by atoms with Gasteiger partial charge in [0.15, 0.2) is 5.75 Å². The first-order valence-corrected chi connectivity index (χ1v) is 6.93. The average Bonchev–Trinajstić information content (AvgIpc) is 2.04. The Labute approximate surface area is 107 Å². The molecular weight excluding hydrogens is 328 g/mol. The number of rotatable bonds is 3. The number of carbonyl (C=O) groups is 1. The summed E-state index contributed by atoms with van der Waals surface area (Å²) in [6, 6.07) is 7.52. The number of ketones is 1. The molecule has 0 radical (unpaired) electrons. The van der Waals surface area contributed by atoms with Gasteiger partial charge in [-0.05, 0) is 23.0 Å². The highest BCUT2D eigenvalue weighted by Crippen LogP contribution is 2.11. The van der Waals surface area contributed by atoms with E-state index in [1.807, 2.05) is 24.3 Å². The molecule has 0 aliphatic rings. The third-order valence-corrected chi connectivity index (χ3v) is 2.95. The van der Waals surface area contributed by atoms with Crippen molar-refractivity contribution in [3.05, 3.63) is 34.3 Å². The summed E-state index contributed by atoms with van der Waals surface area (Å²) in [5.74, 6) is 0.891. The van der Waals surface area contributed by atoms with E-state index in [-0.39, 0.29) is 33.7 Å². The Balaban J connectivity index is 0.00000169. The van der Waals surface area contributed by atoms with Gasteiger partial charge in [-0.1, -0.05) is 28.1 Å². The fourth-order valence-corrected chi connectivity index (χ4v) is 1.94. The van der Waals surface area contributed by atoms with Crippen LogP contribution in [0.2, 0.25) is 0 Å².